The van der Waals surface area contributed by atoms with E-state index < -0.39 is 0 Å². The average molecular weight is 666 g/mol. The molecule has 0 bridgehead atoms. The highest BCUT2D eigenvalue weighted by Gasteiger charge is 2.20. The van der Waals surface area contributed by atoms with Gasteiger partial charge in [0.05, 0.1) is 19.8 Å². The second kappa shape index (κ2) is 32.1. The second-order valence-corrected chi connectivity index (χ2v) is 14.8. The van der Waals surface area contributed by atoms with Crippen molar-refractivity contribution in [2.75, 3.05) is 39.5 Å². The molecule has 0 heterocycles. The summed E-state index contributed by atoms with van der Waals surface area (Å²) in [7, 11) is 0. The van der Waals surface area contributed by atoms with E-state index in [0.29, 0.717) is 32.0 Å². The summed E-state index contributed by atoms with van der Waals surface area (Å²) >= 11 is 0. The lowest BCUT2D eigenvalue weighted by Crippen LogP contribution is -2.29. The van der Waals surface area contributed by atoms with Gasteiger partial charge in [0.25, 0.3) is 0 Å². The Morgan fingerprint density at radius 2 is 1.09 bits per heavy atom. The van der Waals surface area contributed by atoms with Crippen LogP contribution in [-0.4, -0.2) is 61.4 Å². The lowest BCUT2D eigenvalue weighted by atomic mass is 9.80. The Morgan fingerprint density at radius 3 is 1.60 bits per heavy atom. The van der Waals surface area contributed by atoms with E-state index in [2.05, 4.69) is 25.7 Å². The number of ether oxygens (including phenoxy) is 2. The third kappa shape index (κ3) is 26.4. The van der Waals surface area contributed by atoms with Gasteiger partial charge in [-0.3, -0.25) is 9.59 Å². The molecule has 47 heavy (non-hydrogen) atoms. The molecule has 0 aromatic heterocycles. The van der Waals surface area contributed by atoms with Gasteiger partial charge in [0.1, 0.15) is 0 Å². The van der Waals surface area contributed by atoms with Crippen LogP contribution in [0.15, 0.2) is 0 Å². The normalized spacial score (nSPS) is 16.6. The van der Waals surface area contributed by atoms with Crippen molar-refractivity contribution >= 4 is 11.9 Å². The predicted molar refractivity (Wildman–Crippen MR) is 198 cm³/mol. The molecule has 6 nitrogen and oxygen atoms in total. The molecule has 0 spiro atoms. The molecule has 1 aliphatic carbocycles. The summed E-state index contributed by atoms with van der Waals surface area (Å²) in [6.07, 6.45) is 31.1. The Morgan fingerprint density at radius 1 is 0.596 bits per heavy atom. The molecule has 1 N–H and O–H groups in total. The number of nitrogens with zero attached hydrogens (tertiary/aromatic N) is 1. The summed E-state index contributed by atoms with van der Waals surface area (Å²) < 4.78 is 11.1. The van der Waals surface area contributed by atoms with Crippen LogP contribution in [0, 0.1) is 17.8 Å². The first-order valence-corrected chi connectivity index (χ1v) is 20.7. The van der Waals surface area contributed by atoms with Crippen LogP contribution in [0.5, 0.6) is 0 Å². The van der Waals surface area contributed by atoms with Crippen LogP contribution < -0.4 is 0 Å². The number of aliphatic hydroxyl groups excluding tert-OH is 1. The Hall–Kier alpha value is -1.14. The molecule has 1 saturated carbocycles. The number of hydrogen-bond acceptors (Lipinski definition) is 6. The fourth-order valence-corrected chi connectivity index (χ4v) is 7.30. The van der Waals surface area contributed by atoms with E-state index in [1.54, 1.807) is 0 Å². The largest absolute Gasteiger partial charge is 0.466 e. The number of esters is 2. The minimum absolute atomic E-state index is 0.0176. The van der Waals surface area contributed by atoms with Gasteiger partial charge in [-0.2, -0.15) is 0 Å². The topological polar surface area (TPSA) is 76.1 Å². The number of unbranched alkanes of at least 4 members (excludes halogenated alkanes) is 12. The van der Waals surface area contributed by atoms with Gasteiger partial charge >= 0.3 is 11.9 Å². The summed E-state index contributed by atoms with van der Waals surface area (Å²) in [6.45, 7) is 11.0. The average Bonchev–Trinajstić information content (AvgIpc) is 3.07. The van der Waals surface area contributed by atoms with Crippen molar-refractivity contribution < 1.29 is 24.2 Å². The molecular formula is C41H79NO5. The third-order valence-corrected chi connectivity index (χ3v) is 10.7. The molecule has 0 aliphatic heterocycles. The van der Waals surface area contributed by atoms with Crippen LogP contribution in [-0.2, 0) is 19.1 Å². The van der Waals surface area contributed by atoms with Gasteiger partial charge in [0, 0.05) is 19.4 Å². The van der Waals surface area contributed by atoms with Gasteiger partial charge < -0.3 is 19.5 Å². The summed E-state index contributed by atoms with van der Waals surface area (Å²) in [6, 6.07) is 0. The SMILES string of the molecule is CCCCCC(CCCCC)CCOC(=O)CCCCCCCN(CCO)CCCCCCCC(=O)OCCC1CCC(CC)CC1. The fourth-order valence-electron chi connectivity index (χ4n) is 7.30. The Kier molecular flexibility index (Phi) is 30.0. The third-order valence-electron chi connectivity index (χ3n) is 10.7. The van der Waals surface area contributed by atoms with E-state index in [9.17, 15) is 14.7 Å². The molecule has 278 valence electrons. The van der Waals surface area contributed by atoms with E-state index >= 15 is 0 Å². The van der Waals surface area contributed by atoms with Crippen LogP contribution in [0.25, 0.3) is 0 Å². The number of carbonyl (C=O) groups is 2. The van der Waals surface area contributed by atoms with Crippen molar-refractivity contribution in [1.29, 1.82) is 0 Å². The highest BCUT2D eigenvalue weighted by molar-refractivity contribution is 5.69. The van der Waals surface area contributed by atoms with Crippen molar-refractivity contribution in [3.8, 4) is 0 Å². The predicted octanol–water partition coefficient (Wildman–Crippen LogP) is 10.8. The Balaban J connectivity index is 1.98. The van der Waals surface area contributed by atoms with Crippen LogP contribution in [0.3, 0.4) is 0 Å². The highest BCUT2D eigenvalue weighted by atomic mass is 16.5. The van der Waals surface area contributed by atoms with Crippen LogP contribution >= 0.6 is 0 Å². The van der Waals surface area contributed by atoms with Crippen molar-refractivity contribution in [3.05, 3.63) is 0 Å². The summed E-state index contributed by atoms with van der Waals surface area (Å²) in [4.78, 5) is 26.7. The van der Waals surface area contributed by atoms with Crippen molar-refractivity contribution in [2.24, 2.45) is 17.8 Å². The van der Waals surface area contributed by atoms with Crippen molar-refractivity contribution in [2.45, 2.75) is 194 Å². The molecule has 6 heteroatoms. The fraction of sp³-hybridized carbons (Fsp3) is 0.951. The maximum absolute atomic E-state index is 12.2. The van der Waals surface area contributed by atoms with Gasteiger partial charge in [0.2, 0.25) is 0 Å². The summed E-state index contributed by atoms with van der Waals surface area (Å²) in [5, 5.41) is 9.50. The number of carbonyl (C=O) groups excluding carboxylic acids is 2. The smallest absolute Gasteiger partial charge is 0.305 e. The molecule has 1 aliphatic rings. The molecule has 0 unspecified atom stereocenters. The first kappa shape index (κ1) is 43.9. The monoisotopic (exact) mass is 666 g/mol. The lowest BCUT2D eigenvalue weighted by molar-refractivity contribution is -0.145. The first-order valence-electron chi connectivity index (χ1n) is 20.7. The van der Waals surface area contributed by atoms with Gasteiger partial charge in [-0.25, -0.2) is 0 Å². The quantitative estimate of drug-likeness (QED) is 0.0555. The standard InChI is InChI=1S/C41H79NO5/c1-4-7-15-21-38(22-16-8-5-2)29-35-46-40(44)23-17-11-9-13-19-31-42(33-34-43)32-20-14-10-12-18-24-41(45)47-36-30-39-27-25-37(6-3)26-28-39/h37-39,43H,4-36H2,1-3H3. The first-order chi connectivity index (χ1) is 23.0. The second-order valence-electron chi connectivity index (χ2n) is 14.8. The molecule has 0 aromatic carbocycles. The van der Waals surface area contributed by atoms with E-state index in [-0.39, 0.29) is 18.5 Å². The molecule has 0 amide bonds. The van der Waals surface area contributed by atoms with Gasteiger partial charge in [0.15, 0.2) is 0 Å². The van der Waals surface area contributed by atoms with E-state index in [4.69, 9.17) is 9.47 Å². The minimum Gasteiger partial charge on any atom is -0.466 e. The lowest BCUT2D eigenvalue weighted by Gasteiger charge is -2.27. The number of rotatable bonds is 33. The van der Waals surface area contributed by atoms with Crippen LogP contribution in [0.1, 0.15) is 194 Å². The van der Waals surface area contributed by atoms with Crippen LogP contribution in [0.2, 0.25) is 0 Å². The maximum atomic E-state index is 12.2. The van der Waals surface area contributed by atoms with Gasteiger partial charge in [-0.15, -0.1) is 0 Å². The molecule has 0 radical (unpaired) electrons. The zero-order valence-corrected chi connectivity index (χ0v) is 31.6. The minimum atomic E-state index is -0.0187. The molecule has 0 aromatic rings. The van der Waals surface area contributed by atoms with E-state index in [1.165, 1.54) is 96.3 Å². The Bertz CT molecular complexity index is 698. The molecule has 0 atom stereocenters. The van der Waals surface area contributed by atoms with E-state index in [1.807, 2.05) is 0 Å². The van der Waals surface area contributed by atoms with Crippen LogP contribution in [0.4, 0.5) is 0 Å². The Labute approximate surface area is 291 Å². The molecule has 0 saturated heterocycles. The van der Waals surface area contributed by atoms with Gasteiger partial charge in [-0.05, 0) is 69.4 Å². The van der Waals surface area contributed by atoms with Gasteiger partial charge in [-0.1, -0.05) is 143 Å². The molecule has 1 rings (SSSR count). The molecule has 1 fully saturated rings. The highest BCUT2D eigenvalue weighted by Crippen LogP contribution is 2.32. The van der Waals surface area contributed by atoms with Crippen molar-refractivity contribution in [3.63, 3.8) is 0 Å². The maximum Gasteiger partial charge on any atom is 0.305 e. The number of hydrogen-bond donors (Lipinski definition) is 1. The van der Waals surface area contributed by atoms with Crippen molar-refractivity contribution in [1.82, 2.24) is 4.90 Å². The summed E-state index contributed by atoms with van der Waals surface area (Å²) in [5.74, 6) is 2.35. The zero-order valence-electron chi connectivity index (χ0n) is 31.6. The zero-order chi connectivity index (χ0) is 34.2. The van der Waals surface area contributed by atoms with E-state index in [0.717, 1.165) is 95.7 Å². The number of aliphatic hydroxyl groups is 1. The molecular weight excluding hydrogens is 586 g/mol. The summed E-state index contributed by atoms with van der Waals surface area (Å²) in [5.41, 5.74) is 0.